The quantitative estimate of drug-likeness (QED) is 0.109. The number of nitrogens with zero attached hydrogens (tertiary/aromatic N) is 1. The zero-order chi connectivity index (χ0) is 38.0. The first-order chi connectivity index (χ1) is 27.8. The standard InChI is InChI=1S/C51H45NP4/c1-2-53(51(43-27-11-3-12-28-43)55(46-33-17-6-18-34-46,47-35-19-7-20-36-47)48-37-21-8-22-38-48)56(49-39-23-9-24-40-49,50-41-25-10-26-42-50)52-54(44-29-13-4-14-30-44)45-31-15-5-16-32-45/h3-42H,2H2,1H3. The van der Waals surface area contributed by atoms with E-state index in [1.165, 1.54) is 42.7 Å². The summed E-state index contributed by atoms with van der Waals surface area (Å²) in [5, 5.41) is 10.8. The Morgan fingerprint density at radius 1 is 0.375 bits per heavy atom. The molecule has 8 rings (SSSR count). The van der Waals surface area contributed by atoms with Crippen molar-refractivity contribution < 1.29 is 0 Å². The van der Waals surface area contributed by atoms with Crippen molar-refractivity contribution in [3.8, 4) is 0 Å². The lowest BCUT2D eigenvalue weighted by molar-refractivity contribution is 1.52. The Balaban J connectivity index is 1.66. The molecule has 1 unspecified atom stereocenters. The zero-order valence-corrected chi connectivity index (χ0v) is 35.1. The molecule has 0 amide bonds. The van der Waals surface area contributed by atoms with E-state index in [1.54, 1.807) is 5.03 Å². The minimum atomic E-state index is -2.67. The van der Waals surface area contributed by atoms with E-state index in [1.807, 2.05) is 0 Å². The third kappa shape index (κ3) is 7.39. The Morgan fingerprint density at radius 3 is 0.982 bits per heavy atom. The summed E-state index contributed by atoms with van der Waals surface area (Å²) < 4.78 is 6.60. The number of hydrogen-bond acceptors (Lipinski definition) is 1. The van der Waals surface area contributed by atoms with Gasteiger partial charge in [0.05, 0.1) is 14.8 Å². The molecule has 5 heteroatoms. The van der Waals surface area contributed by atoms with Crippen molar-refractivity contribution in [1.29, 1.82) is 0 Å². The molecule has 1 atom stereocenters. The van der Waals surface area contributed by atoms with Gasteiger partial charge in [-0.15, -0.1) is 0 Å². The highest BCUT2D eigenvalue weighted by Gasteiger charge is 2.42. The smallest absolute Gasteiger partial charge is 0.0775 e. The van der Waals surface area contributed by atoms with E-state index >= 15 is 0 Å². The number of hydrogen-bond donors (Lipinski definition) is 0. The third-order valence-electron chi connectivity index (χ3n) is 10.1. The first-order valence-electron chi connectivity index (χ1n) is 19.2. The molecule has 1 nitrogen and oxygen atoms in total. The Morgan fingerprint density at radius 2 is 0.661 bits per heavy atom. The van der Waals surface area contributed by atoms with Crippen LogP contribution in [0.3, 0.4) is 0 Å². The highest BCUT2D eigenvalue weighted by Crippen LogP contribution is 2.81. The Labute approximate surface area is 335 Å². The molecular formula is C51H45NP4. The van der Waals surface area contributed by atoms with Crippen molar-refractivity contribution in [2.45, 2.75) is 6.92 Å². The molecule has 0 bridgehead atoms. The van der Waals surface area contributed by atoms with Crippen molar-refractivity contribution in [2.75, 3.05) is 6.16 Å². The minimum Gasteiger partial charge on any atom is -0.257 e. The number of benzene rings is 8. The van der Waals surface area contributed by atoms with E-state index in [0.29, 0.717) is 0 Å². The van der Waals surface area contributed by atoms with Crippen LogP contribution in [0.1, 0.15) is 12.5 Å². The Hall–Kier alpha value is -4.85. The van der Waals surface area contributed by atoms with Gasteiger partial charge in [-0.2, -0.15) is 0 Å². The van der Waals surface area contributed by atoms with Crippen LogP contribution in [0.5, 0.6) is 0 Å². The first kappa shape index (κ1) is 38.0. The summed E-state index contributed by atoms with van der Waals surface area (Å²) in [6.45, 7) is -2.79. The third-order valence-corrected chi connectivity index (χ3v) is 29.4. The Kier molecular flexibility index (Phi) is 12.2. The molecule has 274 valence electrons. The lowest BCUT2D eigenvalue weighted by Crippen LogP contribution is -2.31. The molecule has 8 aromatic carbocycles. The summed E-state index contributed by atoms with van der Waals surface area (Å²) in [5.74, 6) is 0. The van der Waals surface area contributed by atoms with Crippen molar-refractivity contribution in [3.05, 3.63) is 248 Å². The van der Waals surface area contributed by atoms with Gasteiger partial charge in [-0.3, -0.25) is 4.52 Å². The first-order valence-corrected chi connectivity index (χ1v) is 26.2. The maximum Gasteiger partial charge on any atom is 0.0775 e. The van der Waals surface area contributed by atoms with Crippen LogP contribution in [0, 0.1) is 0 Å². The van der Waals surface area contributed by atoms with Crippen LogP contribution in [0.2, 0.25) is 0 Å². The summed E-state index contributed by atoms with van der Waals surface area (Å²) in [6, 6.07) is 90.5. The van der Waals surface area contributed by atoms with Crippen molar-refractivity contribution in [3.63, 3.8) is 0 Å². The molecule has 0 saturated heterocycles. The molecule has 0 aromatic heterocycles. The maximum absolute atomic E-state index is 6.60. The molecule has 0 heterocycles. The highest BCUT2D eigenvalue weighted by atomic mass is 32.1. The van der Waals surface area contributed by atoms with Crippen LogP contribution in [0.15, 0.2) is 247 Å². The second-order valence-electron chi connectivity index (χ2n) is 13.4. The van der Waals surface area contributed by atoms with Gasteiger partial charge < -0.3 is 0 Å². The predicted molar refractivity (Wildman–Crippen MR) is 254 cm³/mol. The van der Waals surface area contributed by atoms with Crippen molar-refractivity contribution in [2.24, 2.45) is 4.52 Å². The van der Waals surface area contributed by atoms with Gasteiger partial charge in [0.2, 0.25) is 0 Å². The summed E-state index contributed by atoms with van der Waals surface area (Å²) in [7, 11) is -2.17. The fourth-order valence-corrected chi connectivity index (χ4v) is 31.2. The molecule has 0 fully saturated rings. The summed E-state index contributed by atoms with van der Waals surface area (Å²) >= 11 is 0. The van der Waals surface area contributed by atoms with Gasteiger partial charge in [0.1, 0.15) is 0 Å². The number of rotatable bonds is 12. The van der Waals surface area contributed by atoms with E-state index in [2.05, 4.69) is 250 Å². The molecule has 0 aliphatic rings. The van der Waals surface area contributed by atoms with Crippen LogP contribution in [-0.2, 0) is 0 Å². The summed E-state index contributed by atoms with van der Waals surface area (Å²) in [4.78, 5) is 0. The monoisotopic (exact) mass is 795 g/mol. The van der Waals surface area contributed by atoms with E-state index < -0.39 is 29.3 Å². The van der Waals surface area contributed by atoms with Gasteiger partial charge >= 0.3 is 0 Å². The van der Waals surface area contributed by atoms with Crippen molar-refractivity contribution in [1.82, 2.24) is 0 Å². The van der Waals surface area contributed by atoms with E-state index in [0.717, 1.165) is 6.16 Å². The molecule has 0 N–H and O–H groups in total. The minimum absolute atomic E-state index is 0.960. The largest absolute Gasteiger partial charge is 0.257 e. The SMILES string of the molecule is CCP(C(c1ccccc1)=P(c1ccccc1)(c1ccccc1)c1ccccc1)P(=NP(c1ccccc1)c1ccccc1)(c1ccccc1)c1ccccc1. The fraction of sp³-hybridized carbons (Fsp3) is 0.0392. The summed E-state index contributed by atoms with van der Waals surface area (Å²) in [5.41, 5.74) is 1.31. The lowest BCUT2D eigenvalue weighted by Gasteiger charge is -2.42. The van der Waals surface area contributed by atoms with E-state index in [9.17, 15) is 0 Å². The molecular weight excluding hydrogens is 750 g/mol. The second kappa shape index (κ2) is 18.0. The van der Waals surface area contributed by atoms with Crippen LogP contribution in [0.4, 0.5) is 0 Å². The predicted octanol–water partition coefficient (Wildman–Crippen LogP) is 11.5. The molecule has 0 spiro atoms. The molecule has 0 aliphatic carbocycles. The average molecular weight is 796 g/mol. The molecule has 0 saturated carbocycles. The zero-order valence-electron chi connectivity index (χ0n) is 31.5. The van der Waals surface area contributed by atoms with Crippen LogP contribution in [-0.4, -0.2) is 11.2 Å². The van der Waals surface area contributed by atoms with Gasteiger partial charge in [-0.1, -0.05) is 250 Å². The lowest BCUT2D eigenvalue weighted by atomic mass is 10.2. The normalized spacial score (nSPS) is 12.2. The van der Waals surface area contributed by atoms with Gasteiger partial charge in [0, 0.05) is 21.2 Å². The highest BCUT2D eigenvalue weighted by molar-refractivity contribution is 8.49. The topological polar surface area (TPSA) is 12.4 Å². The van der Waals surface area contributed by atoms with Gasteiger partial charge in [-0.25, -0.2) is 0 Å². The van der Waals surface area contributed by atoms with Gasteiger partial charge in [-0.05, 0) is 47.2 Å². The van der Waals surface area contributed by atoms with Gasteiger partial charge in [0.25, 0.3) is 0 Å². The summed E-state index contributed by atoms with van der Waals surface area (Å²) in [6.07, 6.45) is 0.960. The molecule has 0 radical (unpaired) electrons. The maximum atomic E-state index is 6.60. The molecule has 0 aliphatic heterocycles. The van der Waals surface area contributed by atoms with Crippen LogP contribution in [0.25, 0.3) is 0 Å². The van der Waals surface area contributed by atoms with Crippen molar-refractivity contribution >= 4 is 71.5 Å². The van der Waals surface area contributed by atoms with Crippen LogP contribution < -0.4 is 37.1 Å². The van der Waals surface area contributed by atoms with E-state index in [4.69, 9.17) is 4.52 Å². The second-order valence-corrected chi connectivity index (χ2v) is 26.8. The fourth-order valence-electron chi connectivity index (χ4n) is 7.73. The molecule has 8 aromatic rings. The van der Waals surface area contributed by atoms with E-state index in [-0.39, 0.29) is 0 Å². The average Bonchev–Trinajstić information content (AvgIpc) is 3.30. The van der Waals surface area contributed by atoms with Crippen LogP contribution >= 0.6 is 29.3 Å². The Bertz CT molecular complexity index is 2360. The van der Waals surface area contributed by atoms with Gasteiger partial charge in [0.15, 0.2) is 0 Å². The molecule has 56 heavy (non-hydrogen) atoms.